The maximum absolute atomic E-state index is 2.29. The van der Waals surface area contributed by atoms with Crippen LogP contribution in [-0.2, 0) is 0 Å². The molecule has 0 nitrogen and oxygen atoms in total. The van der Waals surface area contributed by atoms with E-state index in [1.54, 1.807) is 0 Å². The van der Waals surface area contributed by atoms with Gasteiger partial charge in [0, 0.05) is 0 Å². The molecule has 0 unspecified atom stereocenters. The van der Waals surface area contributed by atoms with E-state index in [0.717, 1.165) is 19.3 Å². The summed E-state index contributed by atoms with van der Waals surface area (Å²) < 4.78 is 0. The second kappa shape index (κ2) is 6.26. The Hall–Kier alpha value is -2.60. The minimum absolute atomic E-state index is 1.03. The number of fused-ring (bicyclic) bond motifs is 2. The van der Waals surface area contributed by atoms with E-state index in [9.17, 15) is 0 Å². The van der Waals surface area contributed by atoms with E-state index < -0.39 is 0 Å². The Labute approximate surface area is 138 Å². The van der Waals surface area contributed by atoms with E-state index in [1.807, 2.05) is 0 Å². The molecule has 0 fully saturated rings. The average molecular weight is 296 g/mol. The average Bonchev–Trinajstić information content (AvgIpc) is 2.96. The SMILES string of the molecule is C1=CC2=C(c3ccccc3)CCC(c3ccccc3)=C(C=C1)C2. The van der Waals surface area contributed by atoms with Crippen molar-refractivity contribution >= 4 is 11.1 Å². The van der Waals surface area contributed by atoms with Crippen molar-refractivity contribution in [2.75, 3.05) is 0 Å². The van der Waals surface area contributed by atoms with Crippen molar-refractivity contribution in [2.24, 2.45) is 0 Å². The molecule has 0 aliphatic heterocycles. The van der Waals surface area contributed by atoms with Crippen LogP contribution in [0.1, 0.15) is 30.4 Å². The molecule has 0 heterocycles. The van der Waals surface area contributed by atoms with Crippen molar-refractivity contribution in [2.45, 2.75) is 19.3 Å². The topological polar surface area (TPSA) is 0 Å². The molecule has 2 aliphatic rings. The summed E-state index contributed by atoms with van der Waals surface area (Å²) in [6.07, 6.45) is 12.2. The van der Waals surface area contributed by atoms with Crippen molar-refractivity contribution in [1.29, 1.82) is 0 Å². The maximum Gasteiger partial charge on any atom is -0.00199 e. The largest absolute Gasteiger partial charge is 0.0622 e. The molecular weight excluding hydrogens is 276 g/mol. The van der Waals surface area contributed by atoms with Gasteiger partial charge in [0.15, 0.2) is 0 Å². The van der Waals surface area contributed by atoms with Crippen LogP contribution in [0.15, 0.2) is 96.1 Å². The molecule has 0 spiro atoms. The highest BCUT2D eigenvalue weighted by molar-refractivity contribution is 5.80. The Kier molecular flexibility index (Phi) is 3.81. The van der Waals surface area contributed by atoms with Crippen LogP contribution >= 0.6 is 0 Å². The molecule has 4 rings (SSSR count). The molecule has 2 bridgehead atoms. The van der Waals surface area contributed by atoms with Gasteiger partial charge in [0.05, 0.1) is 0 Å². The number of allylic oxidation sites excluding steroid dienone is 8. The molecule has 0 heteroatoms. The van der Waals surface area contributed by atoms with Crippen LogP contribution in [0.5, 0.6) is 0 Å². The third-order valence-electron chi connectivity index (χ3n) is 4.73. The maximum atomic E-state index is 2.29. The molecule has 0 saturated heterocycles. The number of hydrogen-bond acceptors (Lipinski definition) is 0. The Morgan fingerprint density at radius 3 is 1.39 bits per heavy atom. The molecule has 0 aromatic heterocycles. The van der Waals surface area contributed by atoms with Gasteiger partial charge in [-0.3, -0.25) is 0 Å². The van der Waals surface area contributed by atoms with Crippen LogP contribution in [0.3, 0.4) is 0 Å². The van der Waals surface area contributed by atoms with Crippen LogP contribution < -0.4 is 0 Å². The predicted molar refractivity (Wildman–Crippen MR) is 98.9 cm³/mol. The first-order valence-electron chi connectivity index (χ1n) is 8.31. The van der Waals surface area contributed by atoms with Crippen LogP contribution in [0, 0.1) is 0 Å². The molecule has 2 aromatic rings. The van der Waals surface area contributed by atoms with E-state index in [4.69, 9.17) is 0 Å². The molecule has 23 heavy (non-hydrogen) atoms. The summed E-state index contributed by atoms with van der Waals surface area (Å²) in [6, 6.07) is 21.7. The first kappa shape index (κ1) is 14.0. The quantitative estimate of drug-likeness (QED) is 0.618. The van der Waals surface area contributed by atoms with Crippen LogP contribution in [0.4, 0.5) is 0 Å². The lowest BCUT2D eigenvalue weighted by atomic mass is 9.94. The van der Waals surface area contributed by atoms with Crippen LogP contribution in [-0.4, -0.2) is 0 Å². The van der Waals surface area contributed by atoms with Crippen molar-refractivity contribution in [3.63, 3.8) is 0 Å². The monoisotopic (exact) mass is 296 g/mol. The Balaban J connectivity index is 1.80. The highest BCUT2D eigenvalue weighted by atomic mass is 14.2. The van der Waals surface area contributed by atoms with E-state index >= 15 is 0 Å². The standard InChI is InChI=1S/C23H20/c1-3-9-18(10-4-1)22-15-16-23(19-11-5-2-6-12-19)21-14-8-7-13-20(22)17-21/h1-14H,15-17H2. The lowest BCUT2D eigenvalue weighted by Crippen LogP contribution is -1.89. The fraction of sp³-hybridized carbons (Fsp3) is 0.130. The van der Waals surface area contributed by atoms with E-state index in [0.29, 0.717) is 0 Å². The zero-order valence-electron chi connectivity index (χ0n) is 13.2. The summed E-state index contributed by atoms with van der Waals surface area (Å²) in [4.78, 5) is 0. The summed E-state index contributed by atoms with van der Waals surface area (Å²) in [5, 5.41) is 0. The number of benzene rings is 2. The predicted octanol–water partition coefficient (Wildman–Crippen LogP) is 6.20. The minimum Gasteiger partial charge on any atom is -0.0622 e. The number of hydrogen-bond donors (Lipinski definition) is 0. The van der Waals surface area contributed by atoms with Crippen molar-refractivity contribution in [1.82, 2.24) is 0 Å². The zero-order chi connectivity index (χ0) is 15.5. The van der Waals surface area contributed by atoms with E-state index in [1.165, 1.54) is 33.4 Å². The van der Waals surface area contributed by atoms with Gasteiger partial charge in [0.2, 0.25) is 0 Å². The zero-order valence-corrected chi connectivity index (χ0v) is 13.2. The van der Waals surface area contributed by atoms with Crippen LogP contribution in [0.25, 0.3) is 11.1 Å². The first-order chi connectivity index (χ1) is 11.4. The van der Waals surface area contributed by atoms with Crippen molar-refractivity contribution in [3.05, 3.63) is 107 Å². The third-order valence-corrected chi connectivity index (χ3v) is 4.73. The summed E-state index contributed by atoms with van der Waals surface area (Å²) >= 11 is 0. The van der Waals surface area contributed by atoms with Gasteiger partial charge in [-0.05, 0) is 52.7 Å². The number of rotatable bonds is 2. The lowest BCUT2D eigenvalue weighted by molar-refractivity contribution is 1.08. The third kappa shape index (κ3) is 2.85. The summed E-state index contributed by atoms with van der Waals surface area (Å²) in [7, 11) is 0. The highest BCUT2D eigenvalue weighted by Crippen LogP contribution is 2.39. The van der Waals surface area contributed by atoms with Gasteiger partial charge in [-0.2, -0.15) is 0 Å². The lowest BCUT2D eigenvalue weighted by Gasteiger charge is -2.11. The molecule has 112 valence electrons. The Morgan fingerprint density at radius 2 is 0.957 bits per heavy atom. The van der Waals surface area contributed by atoms with Gasteiger partial charge >= 0.3 is 0 Å². The van der Waals surface area contributed by atoms with Crippen LogP contribution in [0.2, 0.25) is 0 Å². The van der Waals surface area contributed by atoms with E-state index in [-0.39, 0.29) is 0 Å². The minimum atomic E-state index is 1.03. The summed E-state index contributed by atoms with van der Waals surface area (Å²) in [6.45, 7) is 0. The van der Waals surface area contributed by atoms with Gasteiger partial charge in [-0.25, -0.2) is 0 Å². The Morgan fingerprint density at radius 1 is 0.522 bits per heavy atom. The molecule has 0 amide bonds. The smallest absolute Gasteiger partial charge is 0.00199 e. The van der Waals surface area contributed by atoms with Crippen molar-refractivity contribution in [3.8, 4) is 0 Å². The molecule has 0 atom stereocenters. The molecular formula is C23H20. The fourth-order valence-electron chi connectivity index (χ4n) is 3.59. The summed E-state index contributed by atoms with van der Waals surface area (Å²) in [5.41, 5.74) is 8.64. The molecule has 0 radical (unpaired) electrons. The molecule has 2 aromatic carbocycles. The summed E-state index contributed by atoms with van der Waals surface area (Å²) in [5.74, 6) is 0. The highest BCUT2D eigenvalue weighted by Gasteiger charge is 2.18. The fourth-order valence-corrected chi connectivity index (χ4v) is 3.59. The van der Waals surface area contributed by atoms with Crippen molar-refractivity contribution < 1.29 is 0 Å². The van der Waals surface area contributed by atoms with Gasteiger partial charge in [0.1, 0.15) is 0 Å². The molecule has 0 saturated carbocycles. The first-order valence-corrected chi connectivity index (χ1v) is 8.31. The second-order valence-corrected chi connectivity index (χ2v) is 6.13. The van der Waals surface area contributed by atoms with E-state index in [2.05, 4.69) is 85.0 Å². The van der Waals surface area contributed by atoms with Gasteiger partial charge in [-0.1, -0.05) is 85.0 Å². The second-order valence-electron chi connectivity index (χ2n) is 6.13. The van der Waals surface area contributed by atoms with Gasteiger partial charge < -0.3 is 0 Å². The Bertz CT molecular complexity index is 743. The van der Waals surface area contributed by atoms with Gasteiger partial charge in [0.25, 0.3) is 0 Å². The normalized spacial score (nSPS) is 17.2. The molecule has 2 aliphatic carbocycles. The molecule has 0 N–H and O–H groups in total. The van der Waals surface area contributed by atoms with Gasteiger partial charge in [-0.15, -0.1) is 0 Å².